The molecule has 1 fully saturated rings. The van der Waals surface area contributed by atoms with Gasteiger partial charge in [0.15, 0.2) is 10.7 Å². The van der Waals surface area contributed by atoms with Gasteiger partial charge in [0.05, 0.1) is 0 Å². The van der Waals surface area contributed by atoms with Gasteiger partial charge < -0.3 is 5.11 Å². The standard InChI is InChI=1S/C8H11N3O/c1-2-7-6-11(7)4-3-8(12)5-10-9/h2,5,7H,1,3-4,6H2/p+1/b8-5-. The smallest absolute Gasteiger partial charge is 0.387 e. The van der Waals surface area contributed by atoms with Crippen molar-refractivity contribution in [3.63, 3.8) is 0 Å². The fourth-order valence-corrected chi connectivity index (χ4v) is 1.06. The van der Waals surface area contributed by atoms with E-state index in [2.05, 4.69) is 16.5 Å². The maximum absolute atomic E-state index is 9.04. The fourth-order valence-electron chi connectivity index (χ4n) is 1.06. The van der Waals surface area contributed by atoms with E-state index in [1.54, 1.807) is 0 Å². The molecule has 0 amide bonds. The SMILES string of the molecule is C=CC1CN1CC/C(O)=C/[N+]#N. The third-order valence-electron chi connectivity index (χ3n) is 1.89. The predicted molar refractivity (Wildman–Crippen MR) is 46.0 cm³/mol. The van der Waals surface area contributed by atoms with Crippen LogP contribution in [-0.4, -0.2) is 29.1 Å². The van der Waals surface area contributed by atoms with Gasteiger partial charge in [0.1, 0.15) is 0 Å². The molecule has 0 radical (unpaired) electrons. The molecule has 12 heavy (non-hydrogen) atoms. The lowest BCUT2D eigenvalue weighted by Crippen LogP contribution is -2.03. The highest BCUT2D eigenvalue weighted by Gasteiger charge is 2.30. The first-order valence-corrected chi connectivity index (χ1v) is 3.86. The number of hydrogen-bond donors (Lipinski definition) is 1. The van der Waals surface area contributed by atoms with Crippen molar-refractivity contribution < 1.29 is 5.11 Å². The first kappa shape index (κ1) is 8.75. The molecule has 1 aliphatic heterocycles. The summed E-state index contributed by atoms with van der Waals surface area (Å²) < 4.78 is 0. The molecule has 1 heterocycles. The molecule has 0 bridgehead atoms. The quantitative estimate of drug-likeness (QED) is 0.298. The van der Waals surface area contributed by atoms with Crippen LogP contribution in [0.4, 0.5) is 0 Å². The van der Waals surface area contributed by atoms with Crippen LogP contribution in [0.3, 0.4) is 0 Å². The predicted octanol–water partition coefficient (Wildman–Crippen LogP) is 1.50. The zero-order chi connectivity index (χ0) is 8.97. The van der Waals surface area contributed by atoms with E-state index in [1.165, 1.54) is 0 Å². The number of hydrogen-bond acceptors (Lipinski definition) is 3. The zero-order valence-corrected chi connectivity index (χ0v) is 6.85. The van der Waals surface area contributed by atoms with Gasteiger partial charge in [0, 0.05) is 25.6 Å². The minimum atomic E-state index is 0.104. The Morgan fingerprint density at radius 1 is 1.83 bits per heavy atom. The molecular weight excluding hydrogens is 154 g/mol. The van der Waals surface area contributed by atoms with Crippen molar-refractivity contribution in [1.29, 1.82) is 5.39 Å². The Bertz CT molecular complexity index is 241. The minimum Gasteiger partial charge on any atom is -0.505 e. The van der Waals surface area contributed by atoms with E-state index in [9.17, 15) is 0 Å². The van der Waals surface area contributed by atoms with E-state index >= 15 is 0 Å². The van der Waals surface area contributed by atoms with Crippen LogP contribution in [0.25, 0.3) is 4.98 Å². The highest BCUT2D eigenvalue weighted by Crippen LogP contribution is 2.18. The Labute approximate surface area is 71.4 Å². The van der Waals surface area contributed by atoms with Crippen LogP contribution < -0.4 is 0 Å². The molecule has 0 aromatic rings. The molecule has 1 aliphatic rings. The van der Waals surface area contributed by atoms with Gasteiger partial charge in [-0.25, -0.2) is 0 Å². The molecular formula is C8H12N3O+. The van der Waals surface area contributed by atoms with Crippen LogP contribution in [-0.2, 0) is 0 Å². The van der Waals surface area contributed by atoms with E-state index < -0.39 is 0 Å². The van der Waals surface area contributed by atoms with Gasteiger partial charge in [-0.15, -0.1) is 6.58 Å². The van der Waals surface area contributed by atoms with Crippen molar-refractivity contribution in [2.75, 3.05) is 13.1 Å². The average molecular weight is 166 g/mol. The van der Waals surface area contributed by atoms with Gasteiger partial charge in [-0.3, -0.25) is 4.90 Å². The summed E-state index contributed by atoms with van der Waals surface area (Å²) in [4.78, 5) is 4.88. The summed E-state index contributed by atoms with van der Waals surface area (Å²) in [5, 5.41) is 17.1. The van der Waals surface area contributed by atoms with Crippen LogP contribution in [0.5, 0.6) is 0 Å². The van der Waals surface area contributed by atoms with Gasteiger partial charge >= 0.3 is 6.20 Å². The lowest BCUT2D eigenvalue weighted by atomic mass is 10.3. The Balaban J connectivity index is 2.16. The molecule has 2 unspecified atom stereocenters. The summed E-state index contributed by atoms with van der Waals surface area (Å²) in [6, 6.07) is 0.476. The molecule has 4 heteroatoms. The van der Waals surface area contributed by atoms with Crippen molar-refractivity contribution in [2.45, 2.75) is 12.5 Å². The summed E-state index contributed by atoms with van der Waals surface area (Å²) in [6.07, 6.45) is 3.46. The number of nitrogens with zero attached hydrogens (tertiary/aromatic N) is 3. The lowest BCUT2D eigenvalue weighted by molar-refractivity contribution is 0.369. The van der Waals surface area contributed by atoms with Crippen LogP contribution in [0.15, 0.2) is 24.6 Å². The highest BCUT2D eigenvalue weighted by atomic mass is 16.3. The van der Waals surface area contributed by atoms with Crippen LogP contribution in [0.1, 0.15) is 6.42 Å². The summed E-state index contributed by atoms with van der Waals surface area (Å²) in [6.45, 7) is 5.47. The number of aliphatic hydroxyl groups is 1. The van der Waals surface area contributed by atoms with Crippen molar-refractivity contribution in [1.82, 2.24) is 4.90 Å². The molecule has 1 N–H and O–H groups in total. The van der Waals surface area contributed by atoms with E-state index in [1.807, 2.05) is 6.08 Å². The largest absolute Gasteiger partial charge is 0.505 e. The third kappa shape index (κ3) is 2.36. The Kier molecular flexibility index (Phi) is 2.83. The van der Waals surface area contributed by atoms with Gasteiger partial charge in [-0.2, -0.15) is 0 Å². The number of aliphatic hydroxyl groups excluding tert-OH is 1. The van der Waals surface area contributed by atoms with Crippen molar-refractivity contribution in [3.05, 3.63) is 29.6 Å². The molecule has 0 aromatic carbocycles. The normalized spacial score (nSPS) is 27.8. The molecule has 2 atom stereocenters. The van der Waals surface area contributed by atoms with E-state index in [0.717, 1.165) is 19.3 Å². The third-order valence-corrected chi connectivity index (χ3v) is 1.89. The minimum absolute atomic E-state index is 0.104. The molecule has 1 saturated heterocycles. The van der Waals surface area contributed by atoms with Gasteiger partial charge in [0.25, 0.3) is 0 Å². The van der Waals surface area contributed by atoms with Crippen LogP contribution in [0.2, 0.25) is 0 Å². The Morgan fingerprint density at radius 3 is 3.08 bits per heavy atom. The summed E-state index contributed by atoms with van der Waals surface area (Å²) in [5.74, 6) is 0.104. The van der Waals surface area contributed by atoms with Gasteiger partial charge in [-0.05, 0) is 0 Å². The maximum Gasteiger partial charge on any atom is 0.387 e. The highest BCUT2D eigenvalue weighted by molar-refractivity contribution is 5.04. The molecule has 0 spiro atoms. The van der Waals surface area contributed by atoms with E-state index in [-0.39, 0.29) is 5.76 Å². The summed E-state index contributed by atoms with van der Waals surface area (Å²) in [7, 11) is 0. The summed E-state index contributed by atoms with van der Waals surface area (Å²) in [5.41, 5.74) is 0. The Morgan fingerprint density at radius 2 is 2.58 bits per heavy atom. The second kappa shape index (κ2) is 3.88. The molecule has 0 aliphatic carbocycles. The topological polar surface area (TPSA) is 51.4 Å². The first-order valence-electron chi connectivity index (χ1n) is 3.86. The van der Waals surface area contributed by atoms with Gasteiger partial charge in [-0.1, -0.05) is 6.08 Å². The van der Waals surface area contributed by atoms with E-state index in [0.29, 0.717) is 12.5 Å². The fraction of sp³-hybridized carbons (Fsp3) is 0.500. The van der Waals surface area contributed by atoms with Crippen LogP contribution in [0, 0.1) is 5.39 Å². The monoisotopic (exact) mass is 166 g/mol. The number of diazo groups is 1. The van der Waals surface area contributed by atoms with Gasteiger partial charge in [0.2, 0.25) is 5.39 Å². The van der Waals surface area contributed by atoms with Crippen molar-refractivity contribution in [3.8, 4) is 0 Å². The zero-order valence-electron chi connectivity index (χ0n) is 6.85. The second-order valence-electron chi connectivity index (χ2n) is 2.78. The van der Waals surface area contributed by atoms with Crippen LogP contribution >= 0.6 is 0 Å². The van der Waals surface area contributed by atoms with E-state index in [4.69, 9.17) is 10.5 Å². The summed E-state index contributed by atoms with van der Waals surface area (Å²) >= 11 is 0. The van der Waals surface area contributed by atoms with Crippen molar-refractivity contribution in [2.24, 2.45) is 0 Å². The average Bonchev–Trinajstić information content (AvgIpc) is 2.80. The Hall–Kier alpha value is -1.34. The maximum atomic E-state index is 9.04. The molecule has 0 saturated carbocycles. The molecule has 64 valence electrons. The molecule has 0 aromatic heterocycles. The second-order valence-corrected chi connectivity index (χ2v) is 2.78. The molecule has 4 nitrogen and oxygen atoms in total. The first-order chi connectivity index (χ1) is 5.77. The lowest BCUT2D eigenvalue weighted by Gasteiger charge is -1.97. The van der Waals surface area contributed by atoms with Crippen molar-refractivity contribution >= 4 is 0 Å². The number of rotatable bonds is 4. The molecule has 1 rings (SSSR count).